The second kappa shape index (κ2) is 11.4. The van der Waals surface area contributed by atoms with Crippen LogP contribution >= 0.6 is 0 Å². The lowest BCUT2D eigenvalue weighted by Gasteiger charge is -2.43. The monoisotopic (exact) mass is 476 g/mol. The second-order valence-corrected chi connectivity index (χ2v) is 9.55. The summed E-state index contributed by atoms with van der Waals surface area (Å²) in [5, 5.41) is 2.59. The predicted molar refractivity (Wildman–Crippen MR) is 128 cm³/mol. The number of anilines is 2. The largest absolute Gasteiger partial charge is 0.466 e. The Labute approximate surface area is 201 Å². The summed E-state index contributed by atoms with van der Waals surface area (Å²) in [6.45, 7) is 10.5. The van der Waals surface area contributed by atoms with E-state index in [1.54, 1.807) is 0 Å². The van der Waals surface area contributed by atoms with Crippen molar-refractivity contribution in [3.05, 3.63) is 24.3 Å². The van der Waals surface area contributed by atoms with Gasteiger partial charge in [0.25, 0.3) is 0 Å². The lowest BCUT2D eigenvalue weighted by atomic mass is 10.0. The van der Waals surface area contributed by atoms with Gasteiger partial charge in [-0.1, -0.05) is 0 Å². The van der Waals surface area contributed by atoms with E-state index in [1.165, 1.54) is 7.11 Å². The number of rotatable bonds is 5. The summed E-state index contributed by atoms with van der Waals surface area (Å²) in [7, 11) is 1.23. The van der Waals surface area contributed by atoms with Gasteiger partial charge in [0.2, 0.25) is 0 Å². The van der Waals surface area contributed by atoms with E-state index in [9.17, 15) is 14.4 Å². The molecular formula is C24H36N4O6. The quantitative estimate of drug-likeness (QED) is 0.511. The van der Waals surface area contributed by atoms with Crippen LogP contribution in [0.15, 0.2) is 24.3 Å². The molecule has 0 aromatic heterocycles. The van der Waals surface area contributed by atoms with Crippen molar-refractivity contribution in [2.75, 3.05) is 63.2 Å². The highest BCUT2D eigenvalue weighted by atomic mass is 16.6. The number of carbonyl (C=O) groups is 3. The minimum atomic E-state index is -0.704. The first-order valence-electron chi connectivity index (χ1n) is 11.7. The number of amides is 2. The number of methoxy groups -OCH3 is 1. The summed E-state index contributed by atoms with van der Waals surface area (Å²) in [4.78, 5) is 41.7. The molecule has 2 saturated heterocycles. The lowest BCUT2D eigenvalue weighted by molar-refractivity contribution is -0.143. The summed E-state index contributed by atoms with van der Waals surface area (Å²) in [5.41, 5.74) is 1.22. The molecule has 10 nitrogen and oxygen atoms in total. The van der Waals surface area contributed by atoms with Crippen LogP contribution in [0.2, 0.25) is 0 Å². The molecule has 0 radical (unpaired) electrons. The van der Waals surface area contributed by atoms with Crippen molar-refractivity contribution in [3.63, 3.8) is 0 Å². The maximum absolute atomic E-state index is 12.3. The summed E-state index contributed by atoms with van der Waals surface area (Å²) in [6.07, 6.45) is 1.01. The van der Waals surface area contributed by atoms with Gasteiger partial charge in [0.15, 0.2) is 6.61 Å². The van der Waals surface area contributed by atoms with E-state index in [4.69, 9.17) is 9.47 Å². The van der Waals surface area contributed by atoms with Crippen molar-refractivity contribution in [3.8, 4) is 0 Å². The molecule has 34 heavy (non-hydrogen) atoms. The van der Waals surface area contributed by atoms with Crippen LogP contribution in [0.5, 0.6) is 0 Å². The van der Waals surface area contributed by atoms with Gasteiger partial charge in [0.1, 0.15) is 5.60 Å². The van der Waals surface area contributed by atoms with E-state index in [0.717, 1.165) is 57.8 Å². The molecule has 2 aliphatic heterocycles. The van der Waals surface area contributed by atoms with E-state index in [-0.39, 0.29) is 6.09 Å². The highest BCUT2D eigenvalue weighted by Crippen LogP contribution is 2.23. The van der Waals surface area contributed by atoms with E-state index in [2.05, 4.69) is 19.9 Å². The Hall–Kier alpha value is -3.01. The molecule has 1 N–H and O–H groups in total. The van der Waals surface area contributed by atoms with Crippen LogP contribution in [-0.4, -0.2) is 92.6 Å². The molecule has 1 aromatic rings. The maximum atomic E-state index is 12.3. The maximum Gasteiger partial charge on any atom is 0.412 e. The molecule has 0 atom stereocenters. The zero-order chi connectivity index (χ0) is 24.7. The first kappa shape index (κ1) is 25.6. The number of hydrogen-bond acceptors (Lipinski definition) is 8. The average molecular weight is 477 g/mol. The number of esters is 1. The molecular weight excluding hydrogens is 440 g/mol. The van der Waals surface area contributed by atoms with Gasteiger partial charge in [-0.05, 0) is 57.9 Å². The molecule has 1 aromatic carbocycles. The Morgan fingerprint density at radius 2 is 1.59 bits per heavy atom. The fourth-order valence-electron chi connectivity index (χ4n) is 4.18. The van der Waals surface area contributed by atoms with Crippen molar-refractivity contribution in [2.24, 2.45) is 0 Å². The van der Waals surface area contributed by atoms with E-state index in [0.29, 0.717) is 11.7 Å². The van der Waals surface area contributed by atoms with Crippen molar-refractivity contribution < 1.29 is 28.6 Å². The smallest absolute Gasteiger partial charge is 0.412 e. The first-order chi connectivity index (χ1) is 16.1. The zero-order valence-corrected chi connectivity index (χ0v) is 20.5. The van der Waals surface area contributed by atoms with Gasteiger partial charge in [0, 0.05) is 56.7 Å². The minimum Gasteiger partial charge on any atom is -0.466 e. The van der Waals surface area contributed by atoms with Gasteiger partial charge < -0.3 is 24.0 Å². The Balaban J connectivity index is 1.41. The fourth-order valence-corrected chi connectivity index (χ4v) is 4.18. The molecule has 188 valence electrons. The first-order valence-corrected chi connectivity index (χ1v) is 11.7. The molecule has 0 spiro atoms. The Bertz CT molecular complexity index is 838. The lowest BCUT2D eigenvalue weighted by Crippen LogP contribution is -2.54. The summed E-state index contributed by atoms with van der Waals surface area (Å²) >= 11 is 0. The number of piperazine rings is 1. The van der Waals surface area contributed by atoms with Crippen LogP contribution in [0.3, 0.4) is 0 Å². The molecule has 0 bridgehead atoms. The van der Waals surface area contributed by atoms with E-state index < -0.39 is 24.3 Å². The normalized spacial score (nSPS) is 17.8. The fraction of sp³-hybridized carbons (Fsp3) is 0.625. The Morgan fingerprint density at radius 1 is 0.971 bits per heavy atom. The van der Waals surface area contributed by atoms with E-state index >= 15 is 0 Å². The average Bonchev–Trinajstić information content (AvgIpc) is 2.82. The van der Waals surface area contributed by atoms with Gasteiger partial charge in [0.05, 0.1) is 7.11 Å². The van der Waals surface area contributed by atoms with Gasteiger partial charge in [-0.2, -0.15) is 0 Å². The number of ether oxygens (including phenoxy) is 3. The SMILES string of the molecule is COC(=O)COC(=O)Nc1ccc(N2CCN(C3CCN(C(=O)OC(C)(C)C)CC3)CC2)cc1. The summed E-state index contributed by atoms with van der Waals surface area (Å²) < 4.78 is 14.7. The Morgan fingerprint density at radius 3 is 2.15 bits per heavy atom. The number of likely N-dealkylation sites (tertiary alicyclic amines) is 1. The molecule has 2 fully saturated rings. The molecule has 0 unspecified atom stereocenters. The van der Waals surface area contributed by atoms with Crippen LogP contribution < -0.4 is 10.2 Å². The molecule has 2 aliphatic rings. The molecule has 0 saturated carbocycles. The minimum absolute atomic E-state index is 0.217. The van der Waals surface area contributed by atoms with Crippen LogP contribution in [0.1, 0.15) is 33.6 Å². The predicted octanol–water partition coefficient (Wildman–Crippen LogP) is 2.93. The molecule has 2 heterocycles. The third-order valence-corrected chi connectivity index (χ3v) is 5.97. The summed E-state index contributed by atoms with van der Waals surface area (Å²) in [6, 6.07) is 8.04. The van der Waals surface area contributed by atoms with Gasteiger partial charge >= 0.3 is 18.2 Å². The van der Waals surface area contributed by atoms with Gasteiger partial charge in [-0.15, -0.1) is 0 Å². The Kier molecular flexibility index (Phi) is 8.60. The van der Waals surface area contributed by atoms with Crippen LogP contribution in [0.4, 0.5) is 21.0 Å². The third kappa shape index (κ3) is 7.51. The van der Waals surface area contributed by atoms with Gasteiger partial charge in [-0.25, -0.2) is 14.4 Å². The van der Waals surface area contributed by atoms with Crippen molar-refractivity contribution in [1.82, 2.24) is 9.80 Å². The van der Waals surface area contributed by atoms with E-state index in [1.807, 2.05) is 49.9 Å². The molecule has 2 amide bonds. The highest BCUT2D eigenvalue weighted by Gasteiger charge is 2.31. The molecule has 3 rings (SSSR count). The standard InChI is InChI=1S/C24H36N4O6/c1-24(2,3)34-23(31)28-11-9-20(10-12-28)27-15-13-26(14-16-27)19-7-5-18(6-8-19)25-22(30)33-17-21(29)32-4/h5-8,20H,9-17H2,1-4H3,(H,25,30). The number of piperidine rings is 1. The number of benzene rings is 1. The highest BCUT2D eigenvalue weighted by molar-refractivity contribution is 5.86. The third-order valence-electron chi connectivity index (χ3n) is 5.97. The number of hydrogen-bond donors (Lipinski definition) is 1. The molecule has 0 aliphatic carbocycles. The van der Waals surface area contributed by atoms with Crippen LogP contribution in [0, 0.1) is 0 Å². The molecule has 10 heteroatoms. The number of nitrogens with zero attached hydrogens (tertiary/aromatic N) is 3. The van der Waals surface area contributed by atoms with Crippen LogP contribution in [0.25, 0.3) is 0 Å². The number of nitrogens with one attached hydrogen (secondary N) is 1. The van der Waals surface area contributed by atoms with Crippen molar-refractivity contribution >= 4 is 29.5 Å². The second-order valence-electron chi connectivity index (χ2n) is 9.55. The summed E-state index contributed by atoms with van der Waals surface area (Å²) in [5.74, 6) is -0.613. The van der Waals surface area contributed by atoms with Crippen molar-refractivity contribution in [2.45, 2.75) is 45.3 Å². The zero-order valence-electron chi connectivity index (χ0n) is 20.5. The number of carbonyl (C=O) groups excluding carboxylic acids is 3. The van der Waals surface area contributed by atoms with Gasteiger partial charge in [-0.3, -0.25) is 10.2 Å². The van der Waals surface area contributed by atoms with Crippen LogP contribution in [-0.2, 0) is 19.0 Å². The van der Waals surface area contributed by atoms with Crippen molar-refractivity contribution in [1.29, 1.82) is 0 Å². The topological polar surface area (TPSA) is 101 Å².